The van der Waals surface area contributed by atoms with Gasteiger partial charge in [-0.25, -0.2) is 9.97 Å². The van der Waals surface area contributed by atoms with Gasteiger partial charge in [0.15, 0.2) is 0 Å². The van der Waals surface area contributed by atoms with Gasteiger partial charge in [0.1, 0.15) is 17.8 Å². The number of benzene rings is 1. The predicted molar refractivity (Wildman–Crippen MR) is 88.5 cm³/mol. The van der Waals surface area contributed by atoms with Crippen molar-refractivity contribution in [1.29, 1.82) is 0 Å². The van der Waals surface area contributed by atoms with E-state index in [1.807, 2.05) is 6.07 Å². The molecule has 116 valence electrons. The van der Waals surface area contributed by atoms with E-state index in [0.29, 0.717) is 18.1 Å². The van der Waals surface area contributed by atoms with E-state index in [4.69, 9.17) is 0 Å². The quantitative estimate of drug-likeness (QED) is 0.802. The van der Waals surface area contributed by atoms with Gasteiger partial charge < -0.3 is 10.6 Å². The van der Waals surface area contributed by atoms with Crippen molar-refractivity contribution < 1.29 is 4.79 Å². The second-order valence-corrected chi connectivity index (χ2v) is 5.32. The van der Waals surface area contributed by atoms with Crippen LogP contribution < -0.4 is 10.6 Å². The monoisotopic (exact) mass is 298 g/mol. The molecular formula is C17H22N4O. The van der Waals surface area contributed by atoms with Crippen LogP contribution in [0.3, 0.4) is 0 Å². The first-order valence-electron chi connectivity index (χ1n) is 7.54. The summed E-state index contributed by atoms with van der Waals surface area (Å²) in [5.41, 5.74) is 3.76. The summed E-state index contributed by atoms with van der Waals surface area (Å²) in [6, 6.07) is 7.76. The molecule has 0 saturated carbocycles. The fraction of sp³-hybridized carbons (Fsp3) is 0.353. The van der Waals surface area contributed by atoms with Gasteiger partial charge in [-0.1, -0.05) is 19.4 Å². The number of nitrogens with zero attached hydrogens (tertiary/aromatic N) is 2. The Hall–Kier alpha value is -2.43. The summed E-state index contributed by atoms with van der Waals surface area (Å²) >= 11 is 0. The topological polar surface area (TPSA) is 66.9 Å². The van der Waals surface area contributed by atoms with E-state index in [0.717, 1.165) is 18.5 Å². The molecule has 2 rings (SSSR count). The molecule has 0 fully saturated rings. The summed E-state index contributed by atoms with van der Waals surface area (Å²) in [6.45, 7) is 6.89. The molecule has 0 radical (unpaired) electrons. The van der Waals surface area contributed by atoms with Gasteiger partial charge in [-0.05, 0) is 43.5 Å². The lowest BCUT2D eigenvalue weighted by Gasteiger charge is -2.09. The number of hydrogen-bond donors (Lipinski definition) is 2. The van der Waals surface area contributed by atoms with E-state index >= 15 is 0 Å². The first-order chi connectivity index (χ1) is 10.6. The second-order valence-electron chi connectivity index (χ2n) is 5.32. The van der Waals surface area contributed by atoms with Crippen molar-refractivity contribution in [2.75, 3.05) is 11.9 Å². The highest BCUT2D eigenvalue weighted by Gasteiger charge is 2.08. The summed E-state index contributed by atoms with van der Waals surface area (Å²) < 4.78 is 0. The number of aryl methyl sites for hydroxylation is 2. The normalized spacial score (nSPS) is 10.3. The Balaban J connectivity index is 2.07. The minimum absolute atomic E-state index is 0.168. The van der Waals surface area contributed by atoms with Crippen molar-refractivity contribution in [3.8, 4) is 0 Å². The zero-order valence-electron chi connectivity index (χ0n) is 13.3. The number of unbranched alkanes of at least 4 members (excludes halogenated alkanes) is 1. The number of rotatable bonds is 6. The van der Waals surface area contributed by atoms with E-state index < -0.39 is 0 Å². The summed E-state index contributed by atoms with van der Waals surface area (Å²) in [6.07, 6.45) is 3.41. The minimum atomic E-state index is -0.168. The predicted octanol–water partition coefficient (Wildman–Crippen LogP) is 3.37. The maximum atomic E-state index is 12.0. The minimum Gasteiger partial charge on any atom is -0.351 e. The zero-order valence-corrected chi connectivity index (χ0v) is 13.3. The smallest absolute Gasteiger partial charge is 0.270 e. The third kappa shape index (κ3) is 4.28. The van der Waals surface area contributed by atoms with Gasteiger partial charge in [0, 0.05) is 18.3 Å². The molecule has 2 aromatic rings. The SMILES string of the molecule is CCCCNC(=O)c1cc(Nc2ccc(C)c(C)c2)ncn1. The third-order valence-electron chi connectivity index (χ3n) is 3.49. The van der Waals surface area contributed by atoms with Crippen LogP contribution >= 0.6 is 0 Å². The summed E-state index contributed by atoms with van der Waals surface area (Å²) in [7, 11) is 0. The van der Waals surface area contributed by atoms with Crippen molar-refractivity contribution in [3.63, 3.8) is 0 Å². The highest BCUT2D eigenvalue weighted by atomic mass is 16.1. The van der Waals surface area contributed by atoms with E-state index in [1.165, 1.54) is 17.5 Å². The first kappa shape index (κ1) is 15.9. The van der Waals surface area contributed by atoms with Gasteiger partial charge in [0.2, 0.25) is 0 Å². The molecule has 1 aromatic heterocycles. The van der Waals surface area contributed by atoms with Gasteiger partial charge >= 0.3 is 0 Å². The molecule has 0 spiro atoms. The molecular weight excluding hydrogens is 276 g/mol. The summed E-state index contributed by atoms with van der Waals surface area (Å²) in [5.74, 6) is 0.442. The molecule has 1 amide bonds. The highest BCUT2D eigenvalue weighted by Crippen LogP contribution is 2.18. The highest BCUT2D eigenvalue weighted by molar-refractivity contribution is 5.92. The van der Waals surface area contributed by atoms with Crippen LogP contribution in [0.2, 0.25) is 0 Å². The van der Waals surface area contributed by atoms with Crippen molar-refractivity contribution in [2.45, 2.75) is 33.6 Å². The van der Waals surface area contributed by atoms with Gasteiger partial charge in [-0.15, -0.1) is 0 Å². The van der Waals surface area contributed by atoms with Crippen LogP contribution in [0.4, 0.5) is 11.5 Å². The van der Waals surface area contributed by atoms with Crippen molar-refractivity contribution in [1.82, 2.24) is 15.3 Å². The molecule has 1 aromatic carbocycles. The number of amides is 1. The largest absolute Gasteiger partial charge is 0.351 e. The Morgan fingerprint density at radius 2 is 1.95 bits per heavy atom. The first-order valence-corrected chi connectivity index (χ1v) is 7.54. The number of hydrogen-bond acceptors (Lipinski definition) is 4. The fourth-order valence-electron chi connectivity index (χ4n) is 1.99. The lowest BCUT2D eigenvalue weighted by atomic mass is 10.1. The van der Waals surface area contributed by atoms with Gasteiger partial charge in [-0.3, -0.25) is 4.79 Å². The Morgan fingerprint density at radius 3 is 2.68 bits per heavy atom. The Labute approximate surface area is 131 Å². The standard InChI is InChI=1S/C17H22N4O/c1-4-5-8-18-17(22)15-10-16(20-11-19-15)21-14-7-6-12(2)13(3)9-14/h6-7,9-11H,4-5,8H2,1-3H3,(H,18,22)(H,19,20,21). The van der Waals surface area contributed by atoms with Crippen LogP contribution in [0.1, 0.15) is 41.4 Å². The summed E-state index contributed by atoms with van der Waals surface area (Å²) in [4.78, 5) is 20.2. The van der Waals surface area contributed by atoms with Crippen LogP contribution in [0.25, 0.3) is 0 Å². The van der Waals surface area contributed by atoms with Crippen molar-refractivity contribution in [2.24, 2.45) is 0 Å². The molecule has 0 aliphatic rings. The Morgan fingerprint density at radius 1 is 1.14 bits per heavy atom. The van der Waals surface area contributed by atoms with Gasteiger partial charge in [-0.2, -0.15) is 0 Å². The molecule has 5 nitrogen and oxygen atoms in total. The maximum Gasteiger partial charge on any atom is 0.270 e. The molecule has 5 heteroatoms. The van der Waals surface area contributed by atoms with Crippen molar-refractivity contribution >= 4 is 17.4 Å². The lowest BCUT2D eigenvalue weighted by Crippen LogP contribution is -2.25. The van der Waals surface area contributed by atoms with Crippen LogP contribution in [0.15, 0.2) is 30.6 Å². The Kier molecular flexibility index (Phi) is 5.47. The zero-order chi connectivity index (χ0) is 15.9. The van der Waals surface area contributed by atoms with Gasteiger partial charge in [0.25, 0.3) is 5.91 Å². The molecule has 0 saturated heterocycles. The number of carbonyl (C=O) groups is 1. The molecule has 22 heavy (non-hydrogen) atoms. The lowest BCUT2D eigenvalue weighted by molar-refractivity contribution is 0.0948. The van der Waals surface area contributed by atoms with Crippen molar-refractivity contribution in [3.05, 3.63) is 47.4 Å². The Bertz CT molecular complexity index is 655. The van der Waals surface area contributed by atoms with Crippen LogP contribution in [-0.2, 0) is 0 Å². The average Bonchev–Trinajstić information content (AvgIpc) is 2.51. The van der Waals surface area contributed by atoms with Crippen LogP contribution in [-0.4, -0.2) is 22.4 Å². The number of anilines is 2. The molecule has 0 aliphatic carbocycles. The molecule has 0 unspecified atom stereocenters. The fourth-order valence-corrected chi connectivity index (χ4v) is 1.99. The molecule has 2 N–H and O–H groups in total. The van der Waals surface area contributed by atoms with E-state index in [1.54, 1.807) is 6.07 Å². The molecule has 1 heterocycles. The number of carbonyl (C=O) groups excluding carboxylic acids is 1. The van der Waals surface area contributed by atoms with E-state index in [-0.39, 0.29) is 5.91 Å². The van der Waals surface area contributed by atoms with E-state index in [2.05, 4.69) is 53.5 Å². The molecule has 0 bridgehead atoms. The van der Waals surface area contributed by atoms with Crippen LogP contribution in [0, 0.1) is 13.8 Å². The molecule has 0 atom stereocenters. The second kappa shape index (κ2) is 7.54. The third-order valence-corrected chi connectivity index (χ3v) is 3.49. The maximum absolute atomic E-state index is 12.0. The summed E-state index contributed by atoms with van der Waals surface area (Å²) in [5, 5.41) is 6.05. The van der Waals surface area contributed by atoms with E-state index in [9.17, 15) is 4.79 Å². The average molecular weight is 298 g/mol. The van der Waals surface area contributed by atoms with Crippen LogP contribution in [0.5, 0.6) is 0 Å². The molecule has 0 aliphatic heterocycles. The number of aromatic nitrogens is 2. The van der Waals surface area contributed by atoms with Gasteiger partial charge in [0.05, 0.1) is 0 Å². The number of nitrogens with one attached hydrogen (secondary N) is 2.